The minimum Gasteiger partial charge on any atom is -0.444 e. The zero-order valence-corrected chi connectivity index (χ0v) is 16.3. The summed E-state index contributed by atoms with van der Waals surface area (Å²) in [5.41, 5.74) is -0.858. The molecule has 2 aliphatic rings. The van der Waals surface area contributed by atoms with Gasteiger partial charge in [0.05, 0.1) is 5.60 Å². The van der Waals surface area contributed by atoms with E-state index in [1.807, 2.05) is 20.8 Å². The highest BCUT2D eigenvalue weighted by molar-refractivity contribution is 5.69. The first kappa shape index (κ1) is 20.8. The number of piperidine rings is 1. The van der Waals surface area contributed by atoms with Crippen molar-refractivity contribution in [3.8, 4) is 5.75 Å². The van der Waals surface area contributed by atoms with Gasteiger partial charge in [0.25, 0.3) is 0 Å². The highest BCUT2D eigenvalue weighted by Crippen LogP contribution is 2.43. The van der Waals surface area contributed by atoms with E-state index in [2.05, 4.69) is 4.74 Å². The molecule has 3 rings (SSSR count). The third kappa shape index (κ3) is 5.10. The molecule has 0 radical (unpaired) electrons. The molecule has 1 aromatic carbocycles. The zero-order chi connectivity index (χ0) is 20.7. The summed E-state index contributed by atoms with van der Waals surface area (Å²) >= 11 is 0. The van der Waals surface area contributed by atoms with Crippen LogP contribution in [0.5, 0.6) is 5.75 Å². The van der Waals surface area contributed by atoms with Crippen LogP contribution in [0.4, 0.5) is 18.0 Å². The van der Waals surface area contributed by atoms with Gasteiger partial charge in [-0.1, -0.05) is 12.1 Å². The van der Waals surface area contributed by atoms with Crippen molar-refractivity contribution in [2.75, 3.05) is 0 Å². The van der Waals surface area contributed by atoms with Crippen molar-refractivity contribution in [2.24, 2.45) is 0 Å². The standard InChI is InChI=1S/C20H26F3NO4/c1-18(2,3)28-17(25)24-14-6-7-15(24)12-19(26,11-14)10-13-4-8-16(9-5-13)27-20(21,22)23/h4-5,8-9,14-15,26H,6-7,10-12H2,1-3H3. The number of fused-ring (bicyclic) bond motifs is 2. The predicted molar refractivity (Wildman–Crippen MR) is 95.9 cm³/mol. The Balaban J connectivity index is 1.65. The summed E-state index contributed by atoms with van der Waals surface area (Å²) in [5, 5.41) is 11.1. The zero-order valence-electron chi connectivity index (χ0n) is 16.3. The van der Waals surface area contributed by atoms with Gasteiger partial charge < -0.3 is 19.5 Å². The van der Waals surface area contributed by atoms with Gasteiger partial charge in [-0.05, 0) is 64.2 Å². The molecule has 1 aromatic rings. The van der Waals surface area contributed by atoms with Gasteiger partial charge in [-0.2, -0.15) is 0 Å². The van der Waals surface area contributed by atoms with Crippen molar-refractivity contribution in [3.63, 3.8) is 0 Å². The molecule has 0 saturated carbocycles. The van der Waals surface area contributed by atoms with Crippen LogP contribution in [0.15, 0.2) is 24.3 Å². The molecule has 0 aromatic heterocycles. The van der Waals surface area contributed by atoms with Crippen LogP contribution < -0.4 is 4.74 Å². The number of benzene rings is 1. The lowest BCUT2D eigenvalue weighted by atomic mass is 9.81. The third-order valence-corrected chi connectivity index (χ3v) is 5.15. The molecule has 2 bridgehead atoms. The van der Waals surface area contributed by atoms with E-state index in [0.29, 0.717) is 19.3 Å². The van der Waals surface area contributed by atoms with E-state index in [1.54, 1.807) is 4.90 Å². The van der Waals surface area contributed by atoms with Crippen molar-refractivity contribution < 1.29 is 32.5 Å². The summed E-state index contributed by atoms with van der Waals surface area (Å²) in [6.07, 6.45) is -2.31. The van der Waals surface area contributed by atoms with E-state index in [4.69, 9.17) is 4.74 Å². The summed E-state index contributed by atoms with van der Waals surface area (Å²) < 4.78 is 46.2. The van der Waals surface area contributed by atoms with Crippen LogP contribution in [0.2, 0.25) is 0 Å². The second kappa shape index (κ2) is 7.13. The van der Waals surface area contributed by atoms with E-state index in [1.165, 1.54) is 24.3 Å². The van der Waals surface area contributed by atoms with Gasteiger partial charge in [0.15, 0.2) is 0 Å². The van der Waals surface area contributed by atoms with Crippen LogP contribution in [0.1, 0.15) is 52.0 Å². The van der Waals surface area contributed by atoms with Crippen molar-refractivity contribution in [1.29, 1.82) is 0 Å². The maximum atomic E-state index is 12.5. The number of carbonyl (C=O) groups is 1. The summed E-state index contributed by atoms with van der Waals surface area (Å²) in [7, 11) is 0. The van der Waals surface area contributed by atoms with Gasteiger partial charge in [-0.3, -0.25) is 0 Å². The fourth-order valence-corrected chi connectivity index (χ4v) is 4.27. The lowest BCUT2D eigenvalue weighted by Gasteiger charge is -2.44. The molecule has 0 spiro atoms. The summed E-state index contributed by atoms with van der Waals surface area (Å²) in [6, 6.07) is 5.37. The van der Waals surface area contributed by atoms with Gasteiger partial charge in [-0.15, -0.1) is 13.2 Å². The predicted octanol–water partition coefficient (Wildman–Crippen LogP) is 4.42. The fourth-order valence-electron chi connectivity index (χ4n) is 4.27. The van der Waals surface area contributed by atoms with Crippen molar-refractivity contribution >= 4 is 6.09 Å². The highest BCUT2D eigenvalue weighted by atomic mass is 19.4. The molecular weight excluding hydrogens is 375 g/mol. The Bertz CT molecular complexity index is 698. The molecule has 2 atom stereocenters. The van der Waals surface area contributed by atoms with Gasteiger partial charge in [0.1, 0.15) is 11.4 Å². The summed E-state index contributed by atoms with van der Waals surface area (Å²) in [6.45, 7) is 5.46. The van der Waals surface area contributed by atoms with Crippen molar-refractivity contribution in [2.45, 2.75) is 82.5 Å². The molecular formula is C20H26F3NO4. The summed E-state index contributed by atoms with van der Waals surface area (Å²) in [4.78, 5) is 14.3. The maximum Gasteiger partial charge on any atom is 0.573 e. The Morgan fingerprint density at radius 2 is 1.68 bits per heavy atom. The van der Waals surface area contributed by atoms with Gasteiger partial charge in [0.2, 0.25) is 0 Å². The maximum absolute atomic E-state index is 12.5. The Morgan fingerprint density at radius 3 is 2.14 bits per heavy atom. The highest BCUT2D eigenvalue weighted by Gasteiger charge is 2.50. The van der Waals surface area contributed by atoms with E-state index in [-0.39, 0.29) is 23.9 Å². The van der Waals surface area contributed by atoms with Crippen LogP contribution >= 0.6 is 0 Å². The molecule has 156 valence electrons. The molecule has 2 saturated heterocycles. The monoisotopic (exact) mass is 401 g/mol. The molecule has 1 amide bonds. The number of halogens is 3. The number of alkyl halides is 3. The molecule has 0 aliphatic carbocycles. The van der Waals surface area contributed by atoms with Crippen molar-refractivity contribution in [1.82, 2.24) is 4.90 Å². The fraction of sp³-hybridized carbons (Fsp3) is 0.650. The quantitative estimate of drug-likeness (QED) is 0.815. The smallest absolute Gasteiger partial charge is 0.444 e. The first-order chi connectivity index (χ1) is 12.8. The first-order valence-electron chi connectivity index (χ1n) is 9.42. The minimum atomic E-state index is -4.73. The lowest BCUT2D eigenvalue weighted by Crippen LogP contribution is -2.54. The van der Waals surface area contributed by atoms with Crippen LogP contribution in [0, 0.1) is 0 Å². The molecule has 5 nitrogen and oxygen atoms in total. The molecule has 8 heteroatoms. The lowest BCUT2D eigenvalue weighted by molar-refractivity contribution is -0.274. The van der Waals surface area contributed by atoms with Crippen LogP contribution in [-0.4, -0.2) is 45.7 Å². The Kier molecular flexibility index (Phi) is 5.29. The Morgan fingerprint density at radius 1 is 1.14 bits per heavy atom. The van der Waals surface area contributed by atoms with Crippen LogP contribution in [0.3, 0.4) is 0 Å². The molecule has 1 N–H and O–H groups in total. The normalized spacial score (nSPS) is 27.6. The topological polar surface area (TPSA) is 59.0 Å². The van der Waals surface area contributed by atoms with Crippen LogP contribution in [-0.2, 0) is 11.2 Å². The molecule has 2 unspecified atom stereocenters. The van der Waals surface area contributed by atoms with E-state index >= 15 is 0 Å². The van der Waals surface area contributed by atoms with Gasteiger partial charge >= 0.3 is 12.5 Å². The third-order valence-electron chi connectivity index (χ3n) is 5.15. The molecule has 2 fully saturated rings. The number of rotatable bonds is 3. The summed E-state index contributed by atoms with van der Waals surface area (Å²) in [5.74, 6) is -0.289. The van der Waals surface area contributed by atoms with Crippen LogP contribution in [0.25, 0.3) is 0 Å². The number of hydrogen-bond acceptors (Lipinski definition) is 4. The van der Waals surface area contributed by atoms with Gasteiger partial charge in [0, 0.05) is 18.5 Å². The SMILES string of the molecule is CC(C)(C)OC(=O)N1C2CCC1CC(O)(Cc1ccc(OC(F)(F)F)cc1)C2. The first-order valence-corrected chi connectivity index (χ1v) is 9.42. The second-order valence-corrected chi connectivity index (χ2v) is 8.77. The number of amides is 1. The second-order valence-electron chi connectivity index (χ2n) is 8.77. The van der Waals surface area contributed by atoms with E-state index in [9.17, 15) is 23.1 Å². The van der Waals surface area contributed by atoms with E-state index in [0.717, 1.165) is 18.4 Å². The Labute approximate surface area is 162 Å². The molecule has 28 heavy (non-hydrogen) atoms. The average Bonchev–Trinajstić information content (AvgIpc) is 2.79. The molecule has 2 heterocycles. The largest absolute Gasteiger partial charge is 0.573 e. The van der Waals surface area contributed by atoms with E-state index < -0.39 is 17.6 Å². The number of nitrogens with zero attached hydrogens (tertiary/aromatic N) is 1. The number of aliphatic hydroxyl groups is 1. The minimum absolute atomic E-state index is 0.0913. The van der Waals surface area contributed by atoms with Crippen molar-refractivity contribution in [3.05, 3.63) is 29.8 Å². The molecule has 2 aliphatic heterocycles. The van der Waals surface area contributed by atoms with Gasteiger partial charge in [-0.25, -0.2) is 4.79 Å². The number of hydrogen-bond donors (Lipinski definition) is 1. The number of ether oxygens (including phenoxy) is 2. The number of carbonyl (C=O) groups excluding carboxylic acids is 1. The Hall–Kier alpha value is -1.96. The average molecular weight is 401 g/mol.